The van der Waals surface area contributed by atoms with Gasteiger partial charge < -0.3 is 10.6 Å². The van der Waals surface area contributed by atoms with Crippen molar-refractivity contribution in [2.24, 2.45) is 0 Å². The predicted octanol–water partition coefficient (Wildman–Crippen LogP) is 5.33. The molecule has 0 saturated heterocycles. The van der Waals surface area contributed by atoms with Gasteiger partial charge in [-0.25, -0.2) is 4.39 Å². The second kappa shape index (κ2) is 10.0. The number of carbonyl (C=O) groups is 2. The van der Waals surface area contributed by atoms with Crippen LogP contribution in [0.3, 0.4) is 0 Å². The monoisotopic (exact) mass is 486 g/mol. The van der Waals surface area contributed by atoms with Gasteiger partial charge in [0.25, 0.3) is 11.8 Å². The highest BCUT2D eigenvalue weighted by Crippen LogP contribution is 2.30. The minimum absolute atomic E-state index is 0.0489. The zero-order valence-corrected chi connectivity index (χ0v) is 20.0. The molecule has 2 N–H and O–H groups in total. The molecule has 4 aromatic rings. The summed E-state index contributed by atoms with van der Waals surface area (Å²) in [6, 6.07) is 15.2. The second-order valence-electron chi connectivity index (χ2n) is 8.70. The molecule has 182 valence electrons. The van der Waals surface area contributed by atoms with E-state index in [9.17, 15) is 14.0 Å². The standard InChI is InChI=1S/C28H26FN5O2/c1-17-5-6-21(34-26(35)20-9-12-33-25(15-20)28(2,3)29)16-22(17)18-7-10-31-23(13-18)19-8-11-32-24(14-19)27(36)30-4/h5-16H,1-4H3,(H,30,36)(H,34,35)/i4D3. The maximum atomic E-state index is 14.3. The summed E-state index contributed by atoms with van der Waals surface area (Å²) in [6.45, 7) is 2.06. The Morgan fingerprint density at radius 1 is 0.889 bits per heavy atom. The largest absolute Gasteiger partial charge is 0.354 e. The van der Waals surface area contributed by atoms with Gasteiger partial charge in [-0.3, -0.25) is 24.5 Å². The van der Waals surface area contributed by atoms with Crippen molar-refractivity contribution in [3.8, 4) is 22.4 Å². The fourth-order valence-corrected chi connectivity index (χ4v) is 3.64. The fraction of sp³-hybridized carbons (Fsp3) is 0.179. The van der Waals surface area contributed by atoms with Crippen LogP contribution in [0.1, 0.15) is 50.1 Å². The van der Waals surface area contributed by atoms with Gasteiger partial charge in [-0.2, -0.15) is 0 Å². The summed E-state index contributed by atoms with van der Waals surface area (Å²) in [6.07, 6.45) is 4.44. The predicted molar refractivity (Wildman–Crippen MR) is 137 cm³/mol. The SMILES string of the molecule is [2H]C([2H])([2H])NC(=O)c1cc(-c2cc(-c3cc(NC(=O)c4ccnc(C(C)(C)F)c4)ccc3C)ccn2)ccn1. The minimum atomic E-state index is -2.63. The summed E-state index contributed by atoms with van der Waals surface area (Å²) >= 11 is 0. The molecule has 8 heteroatoms. The third-order valence-corrected chi connectivity index (χ3v) is 5.60. The van der Waals surface area contributed by atoms with E-state index in [2.05, 4.69) is 20.3 Å². The number of carbonyl (C=O) groups excluding carboxylic acids is 2. The summed E-state index contributed by atoms with van der Waals surface area (Å²) in [7, 11) is 0. The normalized spacial score (nSPS) is 12.7. The van der Waals surface area contributed by atoms with Gasteiger partial charge in [-0.1, -0.05) is 6.07 Å². The number of nitrogens with one attached hydrogen (secondary N) is 2. The molecule has 0 atom stereocenters. The van der Waals surface area contributed by atoms with Crippen LogP contribution in [0.15, 0.2) is 73.2 Å². The summed E-state index contributed by atoms with van der Waals surface area (Å²) in [4.78, 5) is 37.5. The van der Waals surface area contributed by atoms with E-state index >= 15 is 0 Å². The molecule has 36 heavy (non-hydrogen) atoms. The summed E-state index contributed by atoms with van der Waals surface area (Å²) in [5.74, 6) is -1.21. The first-order chi connectivity index (χ1) is 18.3. The van der Waals surface area contributed by atoms with Crippen molar-refractivity contribution in [3.63, 3.8) is 0 Å². The molecular formula is C28H26FN5O2. The minimum Gasteiger partial charge on any atom is -0.354 e. The number of anilines is 1. The highest BCUT2D eigenvalue weighted by atomic mass is 19.1. The average molecular weight is 487 g/mol. The Bertz CT molecular complexity index is 1550. The first-order valence-electron chi connectivity index (χ1n) is 12.6. The average Bonchev–Trinajstić information content (AvgIpc) is 2.88. The molecule has 0 aliphatic heterocycles. The van der Waals surface area contributed by atoms with Gasteiger partial charge in [-0.05, 0) is 86.0 Å². The molecule has 1 aromatic carbocycles. The highest BCUT2D eigenvalue weighted by molar-refractivity contribution is 6.04. The van der Waals surface area contributed by atoms with Gasteiger partial charge >= 0.3 is 0 Å². The van der Waals surface area contributed by atoms with Crippen molar-refractivity contribution in [2.75, 3.05) is 12.3 Å². The van der Waals surface area contributed by atoms with Gasteiger partial charge in [-0.15, -0.1) is 0 Å². The van der Waals surface area contributed by atoms with E-state index in [0.29, 0.717) is 16.9 Å². The van der Waals surface area contributed by atoms with Crippen molar-refractivity contribution >= 4 is 17.5 Å². The topological polar surface area (TPSA) is 96.9 Å². The number of pyridine rings is 3. The van der Waals surface area contributed by atoms with Crippen LogP contribution in [0.25, 0.3) is 22.4 Å². The number of aromatic nitrogens is 3. The molecule has 0 unspecified atom stereocenters. The first kappa shape index (κ1) is 20.9. The Kier molecular flexibility index (Phi) is 5.82. The van der Waals surface area contributed by atoms with Crippen molar-refractivity contribution in [1.82, 2.24) is 20.3 Å². The molecular weight excluding hydrogens is 457 g/mol. The number of alkyl halides is 1. The van der Waals surface area contributed by atoms with Crippen LogP contribution in [-0.4, -0.2) is 33.7 Å². The zero-order valence-electron chi connectivity index (χ0n) is 23.0. The molecule has 4 rings (SSSR count). The molecule has 0 spiro atoms. The number of aryl methyl sites for hydroxylation is 1. The van der Waals surface area contributed by atoms with E-state index in [1.165, 1.54) is 44.4 Å². The lowest BCUT2D eigenvalue weighted by Crippen LogP contribution is -2.19. The Morgan fingerprint density at radius 2 is 1.64 bits per heavy atom. The smallest absolute Gasteiger partial charge is 0.269 e. The molecule has 7 nitrogen and oxygen atoms in total. The van der Waals surface area contributed by atoms with Crippen LogP contribution in [0.4, 0.5) is 10.1 Å². The van der Waals surface area contributed by atoms with E-state index in [1.807, 2.05) is 36.5 Å². The van der Waals surface area contributed by atoms with Crippen molar-refractivity contribution in [1.29, 1.82) is 0 Å². The maximum absolute atomic E-state index is 14.3. The van der Waals surface area contributed by atoms with Gasteiger partial charge in [0.15, 0.2) is 0 Å². The van der Waals surface area contributed by atoms with Gasteiger partial charge in [0.05, 0.1) is 11.4 Å². The molecule has 0 saturated carbocycles. The zero-order chi connectivity index (χ0) is 28.4. The van der Waals surface area contributed by atoms with Crippen LogP contribution >= 0.6 is 0 Å². The van der Waals surface area contributed by atoms with Crippen molar-refractivity contribution in [2.45, 2.75) is 26.4 Å². The van der Waals surface area contributed by atoms with Crippen LogP contribution in [0, 0.1) is 6.92 Å². The lowest BCUT2D eigenvalue weighted by molar-refractivity contribution is 0.0957. The van der Waals surface area contributed by atoms with Crippen LogP contribution in [0.2, 0.25) is 0 Å². The lowest BCUT2D eigenvalue weighted by Gasteiger charge is -2.15. The number of amides is 2. The van der Waals surface area contributed by atoms with Crippen LogP contribution in [-0.2, 0) is 5.67 Å². The third kappa shape index (κ3) is 5.43. The molecule has 3 heterocycles. The molecule has 0 aliphatic carbocycles. The van der Waals surface area contributed by atoms with Gasteiger partial charge in [0.1, 0.15) is 11.4 Å². The van der Waals surface area contributed by atoms with Gasteiger partial charge in [0, 0.05) is 46.5 Å². The van der Waals surface area contributed by atoms with Crippen molar-refractivity contribution in [3.05, 3.63) is 95.7 Å². The number of halogens is 1. The number of rotatable bonds is 6. The highest BCUT2D eigenvalue weighted by Gasteiger charge is 2.22. The fourth-order valence-electron chi connectivity index (χ4n) is 3.64. The van der Waals surface area contributed by atoms with E-state index < -0.39 is 24.5 Å². The molecule has 0 radical (unpaired) electrons. The molecule has 0 bridgehead atoms. The first-order valence-corrected chi connectivity index (χ1v) is 11.1. The van der Waals surface area contributed by atoms with Gasteiger partial charge in [0.2, 0.25) is 0 Å². The number of benzene rings is 1. The van der Waals surface area contributed by atoms with E-state index in [-0.39, 0.29) is 17.0 Å². The Morgan fingerprint density at radius 3 is 2.42 bits per heavy atom. The van der Waals surface area contributed by atoms with E-state index in [1.54, 1.807) is 18.3 Å². The summed E-state index contributed by atoms with van der Waals surface area (Å²) in [5.41, 5.74) is 2.99. The Labute approximate surface area is 213 Å². The second-order valence-corrected chi connectivity index (χ2v) is 8.70. The van der Waals surface area contributed by atoms with Crippen LogP contribution in [0.5, 0.6) is 0 Å². The lowest BCUT2D eigenvalue weighted by atomic mass is 9.98. The number of nitrogens with zero attached hydrogens (tertiary/aromatic N) is 3. The number of hydrogen-bond acceptors (Lipinski definition) is 5. The Hall–Kier alpha value is -4.46. The Balaban J connectivity index is 1.61. The third-order valence-electron chi connectivity index (χ3n) is 5.60. The molecule has 0 aliphatic rings. The molecule has 0 fully saturated rings. The quantitative estimate of drug-likeness (QED) is 0.384. The van der Waals surface area contributed by atoms with E-state index in [4.69, 9.17) is 4.11 Å². The molecule has 3 aromatic heterocycles. The maximum Gasteiger partial charge on any atom is 0.269 e. The van der Waals surface area contributed by atoms with E-state index in [0.717, 1.165) is 16.7 Å². The van der Waals surface area contributed by atoms with Crippen molar-refractivity contribution < 1.29 is 18.1 Å². The molecule has 2 amide bonds. The van der Waals surface area contributed by atoms with Crippen LogP contribution < -0.4 is 10.6 Å². The summed E-state index contributed by atoms with van der Waals surface area (Å²) in [5, 5.41) is 4.78. The number of hydrogen-bond donors (Lipinski definition) is 2. The summed E-state index contributed by atoms with van der Waals surface area (Å²) < 4.78 is 36.0.